The summed E-state index contributed by atoms with van der Waals surface area (Å²) in [6.07, 6.45) is 0.671. The summed E-state index contributed by atoms with van der Waals surface area (Å²) in [5, 5.41) is 10.6. The second-order valence-electron chi connectivity index (χ2n) is 2.93. The maximum absolute atomic E-state index is 11.6. The molecule has 18 heavy (non-hydrogen) atoms. The molecule has 1 aromatic rings. The van der Waals surface area contributed by atoms with Crippen LogP contribution in [0.1, 0.15) is 0 Å². The second kappa shape index (κ2) is 5.27. The van der Waals surface area contributed by atoms with E-state index in [1.54, 1.807) is 0 Å². The van der Waals surface area contributed by atoms with E-state index in [0.717, 1.165) is 12.1 Å². The van der Waals surface area contributed by atoms with Gasteiger partial charge in [0.2, 0.25) is 0 Å². The fourth-order valence-corrected chi connectivity index (χ4v) is 2.24. The van der Waals surface area contributed by atoms with Crippen LogP contribution in [0.25, 0.3) is 0 Å². The lowest BCUT2D eigenvalue weighted by molar-refractivity contribution is -0.385. The van der Waals surface area contributed by atoms with Gasteiger partial charge in [0.25, 0.3) is 5.69 Å². The van der Waals surface area contributed by atoms with E-state index in [-0.39, 0.29) is 4.47 Å². The zero-order valence-electron chi connectivity index (χ0n) is 8.70. The van der Waals surface area contributed by atoms with Crippen molar-refractivity contribution in [3.63, 3.8) is 0 Å². The summed E-state index contributed by atoms with van der Waals surface area (Å²) in [7, 11) is -4.39. The van der Waals surface area contributed by atoms with Crippen LogP contribution in [0.4, 0.5) is 5.69 Å². The Balaban J connectivity index is 3.26. The Morgan fingerprint density at radius 1 is 1.50 bits per heavy atom. The van der Waals surface area contributed by atoms with Crippen LogP contribution in [-0.2, 0) is 19.1 Å². The van der Waals surface area contributed by atoms with Crippen LogP contribution < -0.4 is 0 Å². The minimum absolute atomic E-state index is 0.112. The minimum atomic E-state index is -4.39. The normalized spacial score (nSPS) is 10.7. The van der Waals surface area contributed by atoms with Crippen molar-refractivity contribution in [2.45, 2.75) is 4.90 Å². The SMILES string of the molecule is C=CC(=O)OS(=O)(=O)c1ccc(Br)c([N+](=O)[O-])c1. The van der Waals surface area contributed by atoms with Gasteiger partial charge in [-0.25, -0.2) is 4.79 Å². The van der Waals surface area contributed by atoms with Gasteiger partial charge in [-0.05, 0) is 28.1 Å². The van der Waals surface area contributed by atoms with Crippen LogP contribution in [0.3, 0.4) is 0 Å². The van der Waals surface area contributed by atoms with E-state index in [0.29, 0.717) is 6.08 Å². The summed E-state index contributed by atoms with van der Waals surface area (Å²) in [5.41, 5.74) is -0.453. The van der Waals surface area contributed by atoms with Gasteiger partial charge in [0.05, 0.1) is 9.40 Å². The van der Waals surface area contributed by atoms with Gasteiger partial charge in [-0.15, -0.1) is 0 Å². The van der Waals surface area contributed by atoms with Gasteiger partial charge in [-0.1, -0.05) is 6.58 Å². The Hall–Kier alpha value is -1.74. The molecular weight excluding hydrogens is 330 g/mol. The largest absolute Gasteiger partial charge is 0.346 e. The molecule has 0 heterocycles. The Kier molecular flexibility index (Phi) is 4.19. The van der Waals surface area contributed by atoms with E-state index in [4.69, 9.17) is 0 Å². The fourth-order valence-electron chi connectivity index (χ4n) is 0.978. The Morgan fingerprint density at radius 2 is 2.11 bits per heavy atom. The molecule has 7 nitrogen and oxygen atoms in total. The molecule has 0 radical (unpaired) electrons. The first-order chi connectivity index (χ1) is 8.27. The molecule has 0 spiro atoms. The molecular formula is C9H6BrNO6S. The Morgan fingerprint density at radius 3 is 2.61 bits per heavy atom. The molecule has 0 N–H and O–H groups in total. The first-order valence-electron chi connectivity index (χ1n) is 4.33. The molecule has 0 fully saturated rings. The highest BCUT2D eigenvalue weighted by Gasteiger charge is 2.23. The highest BCUT2D eigenvalue weighted by atomic mass is 79.9. The number of nitro benzene ring substituents is 1. The average Bonchev–Trinajstić information content (AvgIpc) is 2.28. The van der Waals surface area contributed by atoms with Crippen molar-refractivity contribution in [1.82, 2.24) is 0 Å². The molecule has 0 aromatic heterocycles. The first-order valence-corrected chi connectivity index (χ1v) is 6.53. The van der Waals surface area contributed by atoms with Crippen molar-refractivity contribution in [2.24, 2.45) is 0 Å². The van der Waals surface area contributed by atoms with E-state index in [9.17, 15) is 23.3 Å². The molecule has 0 saturated carbocycles. The molecule has 0 bridgehead atoms. The predicted molar refractivity (Wildman–Crippen MR) is 64.3 cm³/mol. The third-order valence-corrected chi connectivity index (χ3v) is 3.65. The lowest BCUT2D eigenvalue weighted by Gasteiger charge is -2.03. The summed E-state index contributed by atoms with van der Waals surface area (Å²) < 4.78 is 27.4. The molecule has 0 atom stereocenters. The third kappa shape index (κ3) is 3.14. The van der Waals surface area contributed by atoms with Crippen LogP contribution >= 0.6 is 15.9 Å². The van der Waals surface area contributed by atoms with Gasteiger partial charge >= 0.3 is 16.1 Å². The summed E-state index contributed by atoms with van der Waals surface area (Å²) in [6, 6.07) is 3.03. The second-order valence-corrected chi connectivity index (χ2v) is 5.33. The summed E-state index contributed by atoms with van der Waals surface area (Å²) in [5.74, 6) is -1.17. The number of carbonyl (C=O) groups excluding carboxylic acids is 1. The monoisotopic (exact) mass is 335 g/mol. The number of rotatable bonds is 4. The highest BCUT2D eigenvalue weighted by Crippen LogP contribution is 2.28. The number of halogens is 1. The van der Waals surface area contributed by atoms with Gasteiger partial charge in [0.1, 0.15) is 4.90 Å². The lowest BCUT2D eigenvalue weighted by atomic mass is 10.3. The summed E-state index contributed by atoms with van der Waals surface area (Å²) in [6.45, 7) is 3.04. The van der Waals surface area contributed by atoms with Gasteiger partial charge < -0.3 is 4.18 Å². The predicted octanol–water partition coefficient (Wildman–Crippen LogP) is 1.78. The van der Waals surface area contributed by atoms with Gasteiger partial charge in [0.15, 0.2) is 0 Å². The van der Waals surface area contributed by atoms with Crippen LogP contribution in [0.5, 0.6) is 0 Å². The minimum Gasteiger partial charge on any atom is -0.338 e. The Bertz CT molecular complexity index is 624. The third-order valence-electron chi connectivity index (χ3n) is 1.76. The van der Waals surface area contributed by atoms with E-state index < -0.39 is 31.6 Å². The molecule has 0 amide bonds. The molecule has 1 aromatic carbocycles. The maximum Gasteiger partial charge on any atom is 0.346 e. The summed E-state index contributed by atoms with van der Waals surface area (Å²) >= 11 is 2.90. The number of benzene rings is 1. The van der Waals surface area contributed by atoms with Gasteiger partial charge in [-0.2, -0.15) is 8.42 Å². The zero-order chi connectivity index (χ0) is 13.9. The van der Waals surface area contributed by atoms with E-state index >= 15 is 0 Å². The quantitative estimate of drug-likeness (QED) is 0.359. The van der Waals surface area contributed by atoms with Crippen molar-refractivity contribution in [2.75, 3.05) is 0 Å². The molecule has 9 heteroatoms. The van der Waals surface area contributed by atoms with E-state index in [2.05, 4.69) is 26.7 Å². The highest BCUT2D eigenvalue weighted by molar-refractivity contribution is 9.10. The lowest BCUT2D eigenvalue weighted by Crippen LogP contribution is -2.11. The standard InChI is InChI=1S/C9H6BrNO6S/c1-2-9(12)17-18(15,16)6-3-4-7(10)8(5-6)11(13)14/h2-5H,1H2. The molecule has 96 valence electrons. The number of hydrogen-bond acceptors (Lipinski definition) is 6. The van der Waals surface area contributed by atoms with Crippen LogP contribution in [0, 0.1) is 10.1 Å². The first kappa shape index (κ1) is 14.3. The molecule has 0 aliphatic carbocycles. The maximum atomic E-state index is 11.6. The number of hydrogen-bond donors (Lipinski definition) is 0. The molecule has 0 saturated heterocycles. The average molecular weight is 336 g/mol. The number of carbonyl (C=O) groups is 1. The van der Waals surface area contributed by atoms with Crippen LogP contribution in [0.15, 0.2) is 40.2 Å². The molecule has 0 aliphatic heterocycles. The van der Waals surface area contributed by atoms with Crippen molar-refractivity contribution in [3.05, 3.63) is 45.4 Å². The van der Waals surface area contributed by atoms with Crippen molar-refractivity contribution in [1.29, 1.82) is 0 Å². The van der Waals surface area contributed by atoms with Crippen molar-refractivity contribution >= 4 is 37.7 Å². The van der Waals surface area contributed by atoms with Crippen molar-refractivity contribution < 1.29 is 22.3 Å². The topological polar surface area (TPSA) is 104 Å². The fraction of sp³-hybridized carbons (Fsp3) is 0. The number of nitro groups is 1. The molecule has 1 rings (SSSR count). The zero-order valence-corrected chi connectivity index (χ0v) is 11.1. The smallest absolute Gasteiger partial charge is 0.338 e. The van der Waals surface area contributed by atoms with E-state index in [1.165, 1.54) is 6.07 Å². The summed E-state index contributed by atoms with van der Waals surface area (Å²) in [4.78, 5) is 20.2. The molecule has 0 aliphatic rings. The number of nitrogens with zero attached hydrogens (tertiary/aromatic N) is 1. The Labute approximate surface area is 110 Å². The van der Waals surface area contributed by atoms with Crippen LogP contribution in [-0.4, -0.2) is 19.3 Å². The van der Waals surface area contributed by atoms with Crippen molar-refractivity contribution in [3.8, 4) is 0 Å². The molecule has 0 unspecified atom stereocenters. The van der Waals surface area contributed by atoms with Gasteiger partial charge in [0, 0.05) is 12.1 Å². The van der Waals surface area contributed by atoms with Crippen LogP contribution in [0.2, 0.25) is 0 Å². The van der Waals surface area contributed by atoms with Gasteiger partial charge in [-0.3, -0.25) is 10.1 Å². The van der Waals surface area contributed by atoms with E-state index in [1.807, 2.05) is 0 Å².